The normalized spacial score (nSPS) is 9.13. The number of hydrogen-bond acceptors (Lipinski definition) is 1. The SMILES string of the molecule is O=C(C=C=CCCCCl)c1ccccc1. The van der Waals surface area contributed by atoms with Crippen LogP contribution in [0.25, 0.3) is 0 Å². The molecule has 0 unspecified atom stereocenters. The zero-order valence-electron chi connectivity index (χ0n) is 8.45. The number of carbonyl (C=O) groups excluding carboxylic acids is 1. The fourth-order valence-electron chi connectivity index (χ4n) is 1.08. The maximum atomic E-state index is 11.5. The fraction of sp³-hybridized carbons (Fsp3) is 0.231. The third-order valence-electron chi connectivity index (χ3n) is 1.87. The van der Waals surface area contributed by atoms with E-state index in [0.29, 0.717) is 11.4 Å². The van der Waals surface area contributed by atoms with E-state index in [1.807, 2.05) is 24.3 Å². The van der Waals surface area contributed by atoms with E-state index < -0.39 is 0 Å². The Hall–Kier alpha value is -1.30. The maximum absolute atomic E-state index is 11.5. The molecule has 0 aromatic heterocycles. The average molecular weight is 221 g/mol. The van der Waals surface area contributed by atoms with Crippen LogP contribution < -0.4 is 0 Å². The van der Waals surface area contributed by atoms with Crippen molar-refractivity contribution in [2.45, 2.75) is 12.8 Å². The quantitative estimate of drug-likeness (QED) is 0.244. The highest BCUT2D eigenvalue weighted by molar-refractivity contribution is 6.17. The molecule has 0 saturated heterocycles. The van der Waals surface area contributed by atoms with Gasteiger partial charge in [-0.2, -0.15) is 0 Å². The Kier molecular flexibility index (Phi) is 5.54. The first kappa shape index (κ1) is 11.8. The lowest BCUT2D eigenvalue weighted by Gasteiger charge is -1.91. The molecule has 1 nitrogen and oxygen atoms in total. The summed E-state index contributed by atoms with van der Waals surface area (Å²) >= 11 is 5.51. The van der Waals surface area contributed by atoms with Crippen LogP contribution in [-0.4, -0.2) is 11.7 Å². The molecule has 0 saturated carbocycles. The summed E-state index contributed by atoms with van der Waals surface area (Å²) < 4.78 is 0. The number of hydrogen-bond donors (Lipinski definition) is 0. The van der Waals surface area contributed by atoms with Crippen molar-refractivity contribution in [1.29, 1.82) is 0 Å². The van der Waals surface area contributed by atoms with Gasteiger partial charge in [0.05, 0.1) is 0 Å². The second-order valence-electron chi connectivity index (χ2n) is 3.08. The Morgan fingerprint density at radius 2 is 2.07 bits per heavy atom. The first-order valence-electron chi connectivity index (χ1n) is 4.91. The fourth-order valence-corrected chi connectivity index (χ4v) is 1.24. The number of alkyl halides is 1. The van der Waals surface area contributed by atoms with Gasteiger partial charge in [0.2, 0.25) is 0 Å². The van der Waals surface area contributed by atoms with E-state index in [9.17, 15) is 4.79 Å². The van der Waals surface area contributed by atoms with Crippen LogP contribution in [0.15, 0.2) is 48.2 Å². The van der Waals surface area contributed by atoms with Gasteiger partial charge in [-0.15, -0.1) is 17.3 Å². The van der Waals surface area contributed by atoms with E-state index in [0.717, 1.165) is 12.8 Å². The Bertz CT molecular complexity index is 361. The molecular weight excluding hydrogens is 208 g/mol. The molecule has 15 heavy (non-hydrogen) atoms. The topological polar surface area (TPSA) is 17.1 Å². The highest BCUT2D eigenvalue weighted by atomic mass is 35.5. The molecule has 0 heterocycles. The van der Waals surface area contributed by atoms with Crippen molar-refractivity contribution in [1.82, 2.24) is 0 Å². The van der Waals surface area contributed by atoms with Crippen LogP contribution in [0.2, 0.25) is 0 Å². The van der Waals surface area contributed by atoms with Gasteiger partial charge in [0.25, 0.3) is 0 Å². The molecule has 0 bridgehead atoms. The third kappa shape index (κ3) is 4.64. The molecular formula is C13H13ClO. The Labute approximate surface area is 95.1 Å². The molecule has 1 aromatic carbocycles. The molecule has 2 heteroatoms. The minimum absolute atomic E-state index is 0.0160. The number of carbonyl (C=O) groups is 1. The molecule has 0 atom stereocenters. The molecule has 0 N–H and O–H groups in total. The van der Waals surface area contributed by atoms with Crippen molar-refractivity contribution in [2.24, 2.45) is 0 Å². The van der Waals surface area contributed by atoms with Gasteiger partial charge in [0.15, 0.2) is 5.78 Å². The van der Waals surface area contributed by atoms with Gasteiger partial charge in [-0.05, 0) is 18.9 Å². The smallest absolute Gasteiger partial charge is 0.193 e. The summed E-state index contributed by atoms with van der Waals surface area (Å²) in [5.74, 6) is 0.628. The number of halogens is 1. The second kappa shape index (κ2) is 7.05. The van der Waals surface area contributed by atoms with Crippen molar-refractivity contribution < 1.29 is 4.79 Å². The van der Waals surface area contributed by atoms with Crippen LogP contribution in [-0.2, 0) is 0 Å². The van der Waals surface area contributed by atoms with Gasteiger partial charge in [0, 0.05) is 17.5 Å². The van der Waals surface area contributed by atoms with Crippen molar-refractivity contribution in [3.05, 3.63) is 53.8 Å². The molecule has 0 radical (unpaired) electrons. The van der Waals surface area contributed by atoms with E-state index in [1.165, 1.54) is 6.08 Å². The number of benzene rings is 1. The third-order valence-corrected chi connectivity index (χ3v) is 2.14. The summed E-state index contributed by atoms with van der Waals surface area (Å²) in [4.78, 5) is 11.5. The van der Waals surface area contributed by atoms with Crippen LogP contribution in [0.5, 0.6) is 0 Å². The first-order valence-corrected chi connectivity index (χ1v) is 5.44. The van der Waals surface area contributed by atoms with Gasteiger partial charge >= 0.3 is 0 Å². The van der Waals surface area contributed by atoms with Gasteiger partial charge in [-0.25, -0.2) is 0 Å². The van der Waals surface area contributed by atoms with Crippen LogP contribution >= 0.6 is 11.6 Å². The minimum atomic E-state index is -0.0160. The largest absolute Gasteiger partial charge is 0.289 e. The van der Waals surface area contributed by atoms with Crippen molar-refractivity contribution in [3.63, 3.8) is 0 Å². The Morgan fingerprint density at radius 1 is 1.33 bits per heavy atom. The predicted octanol–water partition coefficient (Wildman–Crippen LogP) is 3.60. The molecule has 78 valence electrons. The summed E-state index contributed by atoms with van der Waals surface area (Å²) in [6.45, 7) is 0. The Balaban J connectivity index is 2.53. The molecule has 1 aromatic rings. The van der Waals surface area contributed by atoms with Crippen LogP contribution in [0.3, 0.4) is 0 Å². The Morgan fingerprint density at radius 3 is 2.73 bits per heavy atom. The van der Waals surface area contributed by atoms with E-state index in [4.69, 9.17) is 11.6 Å². The van der Waals surface area contributed by atoms with Gasteiger partial charge in [-0.3, -0.25) is 4.79 Å². The molecule has 0 aliphatic heterocycles. The number of ketones is 1. The molecule has 0 amide bonds. The number of unbranched alkanes of at least 4 members (excludes halogenated alkanes) is 1. The summed E-state index contributed by atoms with van der Waals surface area (Å²) in [6.07, 6.45) is 5.08. The van der Waals surface area contributed by atoms with Crippen LogP contribution in [0.1, 0.15) is 23.2 Å². The van der Waals surface area contributed by atoms with Crippen molar-refractivity contribution in [2.75, 3.05) is 5.88 Å². The number of rotatable bonds is 5. The highest BCUT2D eigenvalue weighted by Crippen LogP contribution is 2.00. The lowest BCUT2D eigenvalue weighted by molar-refractivity contribution is 0.104. The minimum Gasteiger partial charge on any atom is -0.289 e. The van der Waals surface area contributed by atoms with Crippen molar-refractivity contribution in [3.8, 4) is 0 Å². The summed E-state index contributed by atoms with van der Waals surface area (Å²) in [7, 11) is 0. The van der Waals surface area contributed by atoms with Gasteiger partial charge in [-0.1, -0.05) is 30.3 Å². The zero-order chi connectivity index (χ0) is 10.9. The van der Waals surface area contributed by atoms with Crippen molar-refractivity contribution >= 4 is 17.4 Å². The standard InChI is InChI=1S/C13H13ClO/c14-11-7-2-1-6-10-13(15)12-8-4-3-5-9-12/h1,3-5,8-10H,2,7,11H2. The lowest BCUT2D eigenvalue weighted by Crippen LogP contribution is -1.91. The molecule has 0 aliphatic rings. The average Bonchev–Trinajstić information content (AvgIpc) is 2.30. The highest BCUT2D eigenvalue weighted by Gasteiger charge is 1.97. The predicted molar refractivity (Wildman–Crippen MR) is 63.4 cm³/mol. The maximum Gasteiger partial charge on any atom is 0.193 e. The number of allylic oxidation sites excluding steroid dienone is 1. The van der Waals surface area contributed by atoms with Gasteiger partial charge in [0.1, 0.15) is 0 Å². The van der Waals surface area contributed by atoms with Gasteiger partial charge < -0.3 is 0 Å². The zero-order valence-corrected chi connectivity index (χ0v) is 9.20. The summed E-state index contributed by atoms with van der Waals surface area (Å²) in [5, 5.41) is 0. The molecule has 0 fully saturated rings. The monoisotopic (exact) mass is 220 g/mol. The van der Waals surface area contributed by atoms with E-state index in [-0.39, 0.29) is 5.78 Å². The van der Waals surface area contributed by atoms with E-state index >= 15 is 0 Å². The first-order chi connectivity index (χ1) is 7.34. The molecule has 0 aliphatic carbocycles. The van der Waals surface area contributed by atoms with E-state index in [2.05, 4.69) is 5.73 Å². The summed E-state index contributed by atoms with van der Waals surface area (Å²) in [6, 6.07) is 9.16. The van der Waals surface area contributed by atoms with Crippen LogP contribution in [0, 0.1) is 0 Å². The van der Waals surface area contributed by atoms with Crippen LogP contribution in [0.4, 0.5) is 0 Å². The van der Waals surface area contributed by atoms with E-state index in [1.54, 1.807) is 12.1 Å². The summed E-state index contributed by atoms with van der Waals surface area (Å²) in [5.41, 5.74) is 3.55. The lowest BCUT2D eigenvalue weighted by atomic mass is 10.1. The molecule has 1 rings (SSSR count). The molecule has 0 spiro atoms. The second-order valence-corrected chi connectivity index (χ2v) is 3.45.